The van der Waals surface area contributed by atoms with Crippen molar-refractivity contribution in [3.8, 4) is 0 Å². The summed E-state index contributed by atoms with van der Waals surface area (Å²) in [5.41, 5.74) is 5.32. The molecule has 2 heterocycles. The standard InChI is InChI=1S/C36H40N6O2/c1-35(2,25-12-16-29(17-13-25)37-31(43)33-39(5)20-21-40(33)6)27-10-9-11-28(24-27)36(3,4)26-14-18-30(19-15-26)38-32(44)34-41(7)22-23-42(34)8/h9-24H,1-8H3. The van der Waals surface area contributed by atoms with Gasteiger partial charge in [0.2, 0.25) is 0 Å². The minimum atomic E-state index is -0.282. The molecule has 0 spiro atoms. The number of benzene rings is 3. The van der Waals surface area contributed by atoms with Crippen molar-refractivity contribution >= 4 is 23.2 Å². The molecular weight excluding hydrogens is 548 g/mol. The van der Waals surface area contributed by atoms with Gasteiger partial charge >= 0.3 is 0 Å². The van der Waals surface area contributed by atoms with E-state index in [4.69, 9.17) is 0 Å². The molecule has 0 aliphatic heterocycles. The van der Waals surface area contributed by atoms with Crippen LogP contribution in [0.25, 0.3) is 0 Å². The van der Waals surface area contributed by atoms with E-state index in [9.17, 15) is 10.2 Å². The maximum absolute atomic E-state index is 12.8. The van der Waals surface area contributed by atoms with Crippen LogP contribution in [-0.4, -0.2) is 20.9 Å². The number of hydrogen-bond donors (Lipinski definition) is 0. The predicted octanol–water partition coefficient (Wildman–Crippen LogP) is 3.54. The Morgan fingerprint density at radius 3 is 1.27 bits per heavy atom. The number of aromatic nitrogens is 4. The molecule has 0 N–H and O–H groups in total. The fourth-order valence-electron chi connectivity index (χ4n) is 5.65. The van der Waals surface area contributed by atoms with Crippen LogP contribution in [0, 0.1) is 0 Å². The van der Waals surface area contributed by atoms with Crippen LogP contribution in [0.15, 0.2) is 108 Å². The van der Waals surface area contributed by atoms with Crippen molar-refractivity contribution in [2.75, 3.05) is 0 Å². The molecule has 0 amide bonds. The zero-order chi connectivity index (χ0) is 31.8. The summed E-state index contributed by atoms with van der Waals surface area (Å²) in [5.74, 6) is 0.487. The SMILES string of the molecule is Cn1cc[n+](C)c1C([O-])=Nc1ccc(C(C)(C)c2cccc(C(C)(C)c3ccc(N=C([O-])c4n(C)cc[n+]4C)cc3)c2)cc1. The zero-order valence-corrected chi connectivity index (χ0v) is 26.7. The first kappa shape index (κ1) is 30.5. The number of nitrogens with zero attached hydrogens (tertiary/aromatic N) is 6. The molecule has 8 nitrogen and oxygen atoms in total. The molecule has 0 unspecified atom stereocenters. The Morgan fingerprint density at radius 2 is 0.955 bits per heavy atom. The van der Waals surface area contributed by atoms with E-state index in [2.05, 4.69) is 61.9 Å². The van der Waals surface area contributed by atoms with Crippen molar-refractivity contribution in [1.82, 2.24) is 9.13 Å². The van der Waals surface area contributed by atoms with Crippen molar-refractivity contribution < 1.29 is 19.3 Å². The maximum atomic E-state index is 12.8. The van der Waals surface area contributed by atoms with E-state index in [0.29, 0.717) is 23.0 Å². The fourth-order valence-corrected chi connectivity index (χ4v) is 5.65. The van der Waals surface area contributed by atoms with Gasteiger partial charge in [-0.25, -0.2) is 18.3 Å². The minimum Gasteiger partial charge on any atom is -0.853 e. The third-order valence-corrected chi connectivity index (χ3v) is 8.69. The summed E-state index contributed by atoms with van der Waals surface area (Å²) < 4.78 is 7.09. The summed E-state index contributed by atoms with van der Waals surface area (Å²) in [6, 6.07) is 24.5. The Balaban J connectivity index is 1.37. The number of aryl methyl sites for hydroxylation is 4. The molecule has 226 valence electrons. The fraction of sp³-hybridized carbons (Fsp3) is 0.278. The lowest BCUT2D eigenvalue weighted by Crippen LogP contribution is -2.39. The summed E-state index contributed by atoms with van der Waals surface area (Å²) in [6.07, 6.45) is 7.35. The molecule has 2 aromatic heterocycles. The average molecular weight is 589 g/mol. The van der Waals surface area contributed by atoms with Gasteiger partial charge < -0.3 is 10.2 Å². The van der Waals surface area contributed by atoms with Gasteiger partial charge in [0.05, 0.1) is 51.4 Å². The van der Waals surface area contributed by atoms with Gasteiger partial charge in [-0.1, -0.05) is 76.2 Å². The van der Waals surface area contributed by atoms with Gasteiger partial charge in [-0.2, -0.15) is 0 Å². The molecule has 8 heteroatoms. The van der Waals surface area contributed by atoms with E-state index in [1.165, 1.54) is 11.1 Å². The molecule has 5 rings (SSSR count). The summed E-state index contributed by atoms with van der Waals surface area (Å²) in [7, 11) is 7.35. The number of hydrogen-bond acceptors (Lipinski definition) is 4. The Bertz CT molecular complexity index is 1680. The third-order valence-electron chi connectivity index (χ3n) is 8.69. The highest BCUT2D eigenvalue weighted by Gasteiger charge is 2.28. The second kappa shape index (κ2) is 11.6. The van der Waals surface area contributed by atoms with E-state index in [0.717, 1.165) is 11.1 Å². The molecule has 0 aliphatic rings. The van der Waals surface area contributed by atoms with Crippen LogP contribution >= 0.6 is 0 Å². The average Bonchev–Trinajstić information content (AvgIpc) is 3.52. The first-order chi connectivity index (χ1) is 20.8. The number of aliphatic imine (C=N–C) groups is 2. The van der Waals surface area contributed by atoms with Gasteiger partial charge in [0.1, 0.15) is 24.8 Å². The Hall–Kier alpha value is -4.98. The molecular formula is C36H40N6O2. The van der Waals surface area contributed by atoms with Crippen molar-refractivity contribution in [3.05, 3.63) is 131 Å². The van der Waals surface area contributed by atoms with Crippen LogP contribution in [0.3, 0.4) is 0 Å². The van der Waals surface area contributed by atoms with Crippen LogP contribution < -0.4 is 19.3 Å². The maximum Gasteiger partial charge on any atom is 0.292 e. The normalized spacial score (nSPS) is 13.0. The molecule has 0 bridgehead atoms. The number of rotatable bonds is 8. The van der Waals surface area contributed by atoms with Crippen LogP contribution in [-0.2, 0) is 39.0 Å². The molecule has 0 saturated carbocycles. The van der Waals surface area contributed by atoms with Gasteiger partial charge in [0, 0.05) is 10.8 Å². The van der Waals surface area contributed by atoms with E-state index >= 15 is 0 Å². The monoisotopic (exact) mass is 588 g/mol. The lowest BCUT2D eigenvalue weighted by molar-refractivity contribution is -0.674. The first-order valence-electron chi connectivity index (χ1n) is 14.6. The largest absolute Gasteiger partial charge is 0.853 e. The summed E-state index contributed by atoms with van der Waals surface area (Å²) in [6.45, 7) is 8.84. The minimum absolute atomic E-state index is 0.277. The lowest BCUT2D eigenvalue weighted by Gasteiger charge is -2.31. The summed E-state index contributed by atoms with van der Waals surface area (Å²) in [5, 5.41) is 25.6. The van der Waals surface area contributed by atoms with Gasteiger partial charge in [-0.15, -0.1) is 0 Å². The van der Waals surface area contributed by atoms with E-state index in [-0.39, 0.29) is 22.6 Å². The molecule has 44 heavy (non-hydrogen) atoms. The molecule has 0 radical (unpaired) electrons. The highest BCUT2D eigenvalue weighted by atomic mass is 16.3. The van der Waals surface area contributed by atoms with Crippen LogP contribution in [0.2, 0.25) is 0 Å². The highest BCUT2D eigenvalue weighted by Crippen LogP contribution is 2.37. The summed E-state index contributed by atoms with van der Waals surface area (Å²) >= 11 is 0. The quantitative estimate of drug-likeness (QED) is 0.158. The van der Waals surface area contributed by atoms with Crippen molar-refractivity contribution in [3.63, 3.8) is 0 Å². The van der Waals surface area contributed by atoms with Gasteiger partial charge in [-0.3, -0.25) is 9.98 Å². The Labute approximate surface area is 259 Å². The second-order valence-corrected chi connectivity index (χ2v) is 12.4. The van der Waals surface area contributed by atoms with Crippen molar-refractivity contribution in [1.29, 1.82) is 0 Å². The van der Waals surface area contributed by atoms with Crippen molar-refractivity contribution in [2.24, 2.45) is 38.2 Å². The number of imidazole rings is 2. The smallest absolute Gasteiger partial charge is 0.292 e. The third kappa shape index (κ3) is 5.80. The van der Waals surface area contributed by atoms with E-state index in [1.54, 1.807) is 18.3 Å². The molecule has 0 fully saturated rings. The molecule has 0 saturated heterocycles. The molecule has 3 aromatic carbocycles. The van der Waals surface area contributed by atoms with Crippen LogP contribution in [0.4, 0.5) is 11.4 Å². The van der Waals surface area contributed by atoms with Crippen molar-refractivity contribution in [2.45, 2.75) is 38.5 Å². The lowest BCUT2D eigenvalue weighted by atomic mass is 9.73. The Kier molecular flexibility index (Phi) is 8.04. The van der Waals surface area contributed by atoms with Crippen LogP contribution in [0.5, 0.6) is 0 Å². The highest BCUT2D eigenvalue weighted by molar-refractivity contribution is 5.88. The zero-order valence-electron chi connectivity index (χ0n) is 26.7. The van der Waals surface area contributed by atoms with Crippen LogP contribution in [0.1, 0.15) is 61.6 Å². The molecule has 0 aliphatic carbocycles. The molecule has 0 atom stereocenters. The summed E-state index contributed by atoms with van der Waals surface area (Å²) in [4.78, 5) is 8.67. The van der Waals surface area contributed by atoms with Gasteiger partial charge in [0.15, 0.2) is 0 Å². The molecule has 5 aromatic rings. The van der Waals surface area contributed by atoms with E-state index < -0.39 is 0 Å². The Morgan fingerprint density at radius 1 is 0.591 bits per heavy atom. The van der Waals surface area contributed by atoms with Gasteiger partial charge in [-0.05, 0) is 46.5 Å². The topological polar surface area (TPSA) is 88.5 Å². The second-order valence-electron chi connectivity index (χ2n) is 12.4. The predicted molar refractivity (Wildman–Crippen MR) is 169 cm³/mol. The van der Waals surface area contributed by atoms with Gasteiger partial charge in [0.25, 0.3) is 11.6 Å². The first-order valence-corrected chi connectivity index (χ1v) is 14.6. The van der Waals surface area contributed by atoms with E-state index in [1.807, 2.05) is 102 Å².